The van der Waals surface area contributed by atoms with E-state index in [0.29, 0.717) is 29.2 Å². The number of amides is 2. The predicted octanol–water partition coefficient (Wildman–Crippen LogP) is 1.34. The maximum atomic E-state index is 13.3. The van der Waals surface area contributed by atoms with Gasteiger partial charge in [-0.3, -0.25) is 19.9 Å². The fourth-order valence-corrected chi connectivity index (χ4v) is 7.42. The van der Waals surface area contributed by atoms with E-state index in [1.807, 2.05) is 39.9 Å². The Bertz CT molecular complexity index is 1950. The zero-order valence-electron chi connectivity index (χ0n) is 23.4. The summed E-state index contributed by atoms with van der Waals surface area (Å²) < 4.78 is 9.49. The minimum Gasteiger partial charge on any atom is -0.477 e. The summed E-state index contributed by atoms with van der Waals surface area (Å²) in [6.45, 7) is 0.614. The minimum atomic E-state index is -1.25. The van der Waals surface area contributed by atoms with Crippen molar-refractivity contribution in [2.45, 2.75) is 24.5 Å². The first kappa shape index (κ1) is 30.2. The number of oxime groups is 1. The number of rotatable bonds is 10. The van der Waals surface area contributed by atoms with Crippen molar-refractivity contribution in [2.24, 2.45) is 10.9 Å². The Labute approximate surface area is 267 Å². The molecule has 18 heteroatoms. The third-order valence-electron chi connectivity index (χ3n) is 7.20. The minimum absolute atomic E-state index is 0.0111. The second kappa shape index (κ2) is 11.9. The Morgan fingerprint density at radius 3 is 2.87 bits per heavy atom. The number of halogens is 1. The molecular weight excluding hydrogens is 646 g/mol. The van der Waals surface area contributed by atoms with Crippen LogP contribution in [0.5, 0.6) is 0 Å². The molecule has 1 saturated heterocycles. The van der Waals surface area contributed by atoms with Crippen LogP contribution in [0.2, 0.25) is 4.34 Å². The molecular formula is C27H25ClN9O6S2+. The van der Waals surface area contributed by atoms with Gasteiger partial charge >= 0.3 is 5.97 Å². The summed E-state index contributed by atoms with van der Waals surface area (Å²) in [5.74, 6) is -1.75. The number of β-lactam (4-membered cyclic amide) rings is 1. The number of aromatic nitrogens is 3. The lowest BCUT2D eigenvalue weighted by Crippen LogP contribution is -2.71. The smallest absolute Gasteiger partial charge is 0.352 e. The monoisotopic (exact) mass is 670 g/mol. The Morgan fingerprint density at radius 2 is 2.20 bits per heavy atom. The molecule has 0 unspecified atom stereocenters. The van der Waals surface area contributed by atoms with E-state index < -0.39 is 29.2 Å². The van der Waals surface area contributed by atoms with Crippen molar-refractivity contribution in [3.63, 3.8) is 0 Å². The number of nitrogens with one attached hydrogen (secondary N) is 2. The predicted molar refractivity (Wildman–Crippen MR) is 166 cm³/mol. The Hall–Kier alpha value is -4.87. The molecule has 2 aliphatic rings. The summed E-state index contributed by atoms with van der Waals surface area (Å²) in [5.41, 5.74) is 12.8. The molecule has 2 aliphatic heterocycles. The molecule has 4 aromatic rings. The van der Waals surface area contributed by atoms with Gasteiger partial charge in [0.05, 0.1) is 12.1 Å². The average Bonchev–Trinajstić information content (AvgIpc) is 3.73. The highest BCUT2D eigenvalue weighted by Gasteiger charge is 2.55. The Balaban J connectivity index is 1.21. The number of hydrogen-bond donors (Lipinski definition) is 5. The van der Waals surface area contributed by atoms with E-state index in [4.69, 9.17) is 37.7 Å². The van der Waals surface area contributed by atoms with E-state index in [1.165, 1.54) is 30.0 Å². The number of nitrogens with zero attached hydrogens (tertiary/aromatic N) is 5. The first-order valence-corrected chi connectivity index (χ1v) is 15.4. The van der Waals surface area contributed by atoms with Gasteiger partial charge in [-0.15, -0.1) is 11.8 Å². The molecule has 4 aromatic heterocycles. The molecule has 1 fully saturated rings. The number of amidine groups is 1. The lowest BCUT2D eigenvalue weighted by Gasteiger charge is -2.49. The molecule has 45 heavy (non-hydrogen) atoms. The topological polar surface area (TPSA) is 219 Å². The molecule has 7 N–H and O–H groups in total. The molecule has 2 amide bonds. The summed E-state index contributed by atoms with van der Waals surface area (Å²) in [6.07, 6.45) is 7.07. The van der Waals surface area contributed by atoms with E-state index >= 15 is 0 Å². The van der Waals surface area contributed by atoms with E-state index in [1.54, 1.807) is 6.07 Å². The number of carboxylic acids is 1. The molecule has 0 radical (unpaired) electrons. The van der Waals surface area contributed by atoms with Gasteiger partial charge < -0.3 is 35.7 Å². The molecule has 15 nitrogen and oxygen atoms in total. The number of nitrogens with two attached hydrogens (primary N) is 2. The average molecular weight is 671 g/mol. The second-order valence-corrected chi connectivity index (χ2v) is 12.8. The number of hydrogen-bond acceptors (Lipinski definition) is 11. The summed E-state index contributed by atoms with van der Waals surface area (Å²) in [7, 11) is 1.24. The number of anilines is 1. The third-order valence-corrected chi connectivity index (χ3v) is 9.62. The van der Waals surface area contributed by atoms with Crippen LogP contribution in [0.1, 0.15) is 17.0 Å². The molecule has 2 atom stereocenters. The zero-order valence-corrected chi connectivity index (χ0v) is 25.8. The van der Waals surface area contributed by atoms with Crippen molar-refractivity contribution < 1.29 is 33.3 Å². The van der Waals surface area contributed by atoms with Gasteiger partial charge in [-0.05, 0) is 12.1 Å². The first-order valence-electron chi connectivity index (χ1n) is 13.2. The molecule has 0 aliphatic carbocycles. The van der Waals surface area contributed by atoms with E-state index in [0.717, 1.165) is 22.2 Å². The fourth-order valence-electron chi connectivity index (χ4n) is 5.16. The standard InChI is InChI=1S/C27H24ClN9O6S2/c1-42-34-18(17-21(28)45-27(31)33-17)23(38)32-19-24(39)37-20(26(40)41)14(11-44-25(19)37)7-35-4-2-12-3-5-36(16(12)9-35)8-15-6-13(10-43-15)22(29)30/h2-6,9-10,19,25H,7-8,11H2,1H3,(H6-,29,30,31,32,33,38,40,41)/p+1/b34-18-/t19-,25-/m1/s1. The third kappa shape index (κ3) is 5.60. The van der Waals surface area contributed by atoms with Crippen LogP contribution in [-0.4, -0.2) is 73.2 Å². The summed E-state index contributed by atoms with van der Waals surface area (Å²) in [6, 6.07) is 4.56. The van der Waals surface area contributed by atoms with Crippen molar-refractivity contribution in [2.75, 3.05) is 18.6 Å². The van der Waals surface area contributed by atoms with Crippen molar-refractivity contribution in [3.8, 4) is 0 Å². The number of carboxylic acid groups (broad SMARTS) is 1. The summed E-state index contributed by atoms with van der Waals surface area (Å²) in [4.78, 5) is 48.8. The molecule has 6 rings (SSSR count). The van der Waals surface area contributed by atoms with Crippen LogP contribution >= 0.6 is 34.7 Å². The van der Waals surface area contributed by atoms with Gasteiger partial charge in [0.15, 0.2) is 29.8 Å². The van der Waals surface area contributed by atoms with Gasteiger partial charge in [0, 0.05) is 29.0 Å². The number of fused-ring (bicyclic) bond motifs is 2. The Kier molecular flexibility index (Phi) is 7.98. The van der Waals surface area contributed by atoms with Gasteiger partial charge in [0.2, 0.25) is 0 Å². The Morgan fingerprint density at radius 1 is 1.40 bits per heavy atom. The number of pyridine rings is 1. The van der Waals surface area contributed by atoms with E-state index in [2.05, 4.69) is 15.5 Å². The van der Waals surface area contributed by atoms with Crippen molar-refractivity contribution >= 4 is 80.1 Å². The van der Waals surface area contributed by atoms with Crippen molar-refractivity contribution in [3.05, 3.63) is 75.7 Å². The normalized spacial score (nSPS) is 18.1. The maximum absolute atomic E-state index is 13.3. The lowest BCUT2D eigenvalue weighted by atomic mass is 10.0. The molecule has 0 saturated carbocycles. The van der Waals surface area contributed by atoms with Crippen LogP contribution in [0.4, 0.5) is 5.13 Å². The zero-order chi connectivity index (χ0) is 32.0. The summed E-state index contributed by atoms with van der Waals surface area (Å²) >= 11 is 8.44. The highest BCUT2D eigenvalue weighted by molar-refractivity contribution is 8.00. The quantitative estimate of drug-likeness (QED) is 0.0536. The van der Waals surface area contributed by atoms with E-state index in [-0.39, 0.29) is 39.0 Å². The summed E-state index contributed by atoms with van der Waals surface area (Å²) in [5, 5.41) is 24.5. The van der Waals surface area contributed by atoms with Crippen molar-refractivity contribution in [1.82, 2.24) is 19.8 Å². The van der Waals surface area contributed by atoms with Gasteiger partial charge in [-0.1, -0.05) is 28.1 Å². The largest absolute Gasteiger partial charge is 0.477 e. The molecule has 6 heterocycles. The number of furan rings is 1. The molecule has 0 spiro atoms. The number of nitrogen functional groups attached to an aromatic ring is 2. The number of carbonyl (C=O) groups is 3. The lowest BCUT2D eigenvalue weighted by molar-refractivity contribution is -0.687. The van der Waals surface area contributed by atoms with Gasteiger partial charge in [-0.2, -0.15) is 4.57 Å². The fraction of sp³-hybridized carbons (Fsp3) is 0.222. The first-order chi connectivity index (χ1) is 21.5. The van der Waals surface area contributed by atoms with Crippen LogP contribution in [0, 0.1) is 5.41 Å². The van der Waals surface area contributed by atoms with Crippen molar-refractivity contribution in [1.29, 1.82) is 5.41 Å². The van der Waals surface area contributed by atoms with Crippen LogP contribution in [0.3, 0.4) is 0 Å². The van der Waals surface area contributed by atoms with Crippen LogP contribution < -0.4 is 21.4 Å². The number of thioether (sulfide) groups is 1. The SMILES string of the molecule is CO/N=C(\C(=O)N[C@@H]1C(=O)N2C(C(=O)O)=C(C[n+]3ccc4ccn(Cc5cc(C(=N)N)co5)c4c3)CS[C@H]12)c1nc(N)sc1Cl. The van der Waals surface area contributed by atoms with Gasteiger partial charge in [0.1, 0.15) is 57.6 Å². The van der Waals surface area contributed by atoms with Crippen LogP contribution in [-0.2, 0) is 32.3 Å². The number of aliphatic carboxylic acids is 1. The molecule has 232 valence electrons. The number of carbonyl (C=O) groups excluding carboxylic acids is 2. The molecule has 0 aromatic carbocycles. The number of thiazole rings is 1. The second-order valence-electron chi connectivity index (χ2n) is 10.0. The van der Waals surface area contributed by atoms with Gasteiger partial charge in [0.25, 0.3) is 11.8 Å². The van der Waals surface area contributed by atoms with E-state index in [9.17, 15) is 19.5 Å². The van der Waals surface area contributed by atoms with Crippen LogP contribution in [0.15, 0.2) is 63.9 Å². The highest BCUT2D eigenvalue weighted by Crippen LogP contribution is 2.40. The maximum Gasteiger partial charge on any atom is 0.352 e. The molecule has 0 bridgehead atoms. The van der Waals surface area contributed by atoms with Crippen LogP contribution in [0.25, 0.3) is 10.9 Å². The van der Waals surface area contributed by atoms with Gasteiger partial charge in [-0.25, -0.2) is 9.78 Å². The highest BCUT2D eigenvalue weighted by atomic mass is 35.5.